The maximum atomic E-state index is 12.6. The van der Waals surface area contributed by atoms with Gasteiger partial charge in [0.1, 0.15) is 11.5 Å². The van der Waals surface area contributed by atoms with Crippen LogP contribution in [0.3, 0.4) is 0 Å². The van der Waals surface area contributed by atoms with E-state index in [0.29, 0.717) is 37.7 Å². The smallest absolute Gasteiger partial charge is 0.269 e. The molecule has 1 aromatic carbocycles. The Morgan fingerprint density at radius 1 is 1.11 bits per heavy atom. The van der Waals surface area contributed by atoms with Gasteiger partial charge in [0.15, 0.2) is 0 Å². The van der Waals surface area contributed by atoms with Crippen LogP contribution < -0.4 is 10.6 Å². The normalized spacial score (nSPS) is 15.7. The molecule has 44 heavy (non-hydrogen) atoms. The summed E-state index contributed by atoms with van der Waals surface area (Å²) in [5.41, 5.74) is 4.94. The zero-order valence-electron chi connectivity index (χ0n) is 25.0. The Labute approximate surface area is 262 Å². The Balaban J connectivity index is 1.28. The molecular weight excluding hydrogens is 574 g/mol. The standard InChI is InChI=1S/C33H37N7O3S/c1-21(41)39-12-13-40-30(20-39)31(38-32(40)22-9-14-43-15-10-22)26-5-3-4-23-16-29(37-19-27(23)26)24-6-7-28(36-17-24)33(42)35-11-8-25(44)18-34-2/h3-7,16-19,22,34,44H,8-15,20H2,1-2H3,(H,35,42)/b25-18-. The van der Waals surface area contributed by atoms with Crippen LogP contribution in [-0.2, 0) is 22.6 Å². The summed E-state index contributed by atoms with van der Waals surface area (Å²) in [5, 5.41) is 7.82. The van der Waals surface area contributed by atoms with Crippen LogP contribution in [0.15, 0.2) is 59.9 Å². The first-order valence-corrected chi connectivity index (χ1v) is 15.5. The molecule has 1 fully saturated rings. The monoisotopic (exact) mass is 611 g/mol. The van der Waals surface area contributed by atoms with Crippen molar-refractivity contribution in [2.75, 3.05) is 33.4 Å². The SMILES string of the molecule is CN/C=C(\S)CCNC(=O)c1ccc(-c2cc3cccc(-c4nc(C5CCOCC5)n5c4CN(C(C)=O)CC5)c3cn2)cn1. The van der Waals surface area contributed by atoms with E-state index < -0.39 is 0 Å². The molecule has 11 heteroatoms. The summed E-state index contributed by atoms with van der Waals surface area (Å²) < 4.78 is 7.97. The van der Waals surface area contributed by atoms with Crippen LogP contribution in [0, 0.1) is 0 Å². The van der Waals surface area contributed by atoms with Crippen LogP contribution in [0.5, 0.6) is 0 Å². The van der Waals surface area contributed by atoms with E-state index in [-0.39, 0.29) is 11.8 Å². The minimum atomic E-state index is -0.231. The Morgan fingerprint density at radius 3 is 2.70 bits per heavy atom. The molecule has 3 aromatic heterocycles. The van der Waals surface area contributed by atoms with Gasteiger partial charge in [-0.1, -0.05) is 18.2 Å². The number of amides is 2. The van der Waals surface area contributed by atoms with Crippen molar-refractivity contribution in [1.82, 2.24) is 35.1 Å². The molecule has 0 saturated carbocycles. The molecular formula is C33H37N7O3S. The molecule has 0 aliphatic carbocycles. The summed E-state index contributed by atoms with van der Waals surface area (Å²) >= 11 is 4.36. The fraction of sp³-hybridized carbons (Fsp3) is 0.364. The Bertz CT molecular complexity index is 1710. The van der Waals surface area contributed by atoms with E-state index in [9.17, 15) is 9.59 Å². The van der Waals surface area contributed by atoms with E-state index in [1.807, 2.05) is 36.3 Å². The van der Waals surface area contributed by atoms with Crippen molar-refractivity contribution in [3.05, 3.63) is 77.1 Å². The van der Waals surface area contributed by atoms with Crippen molar-refractivity contribution < 1.29 is 14.3 Å². The number of fused-ring (bicyclic) bond motifs is 2. The van der Waals surface area contributed by atoms with E-state index in [0.717, 1.165) is 82.3 Å². The average molecular weight is 612 g/mol. The third-order valence-corrected chi connectivity index (χ3v) is 8.71. The summed E-state index contributed by atoms with van der Waals surface area (Å²) in [6.45, 7) is 5.56. The largest absolute Gasteiger partial charge is 0.393 e. The zero-order valence-corrected chi connectivity index (χ0v) is 25.9. The van der Waals surface area contributed by atoms with Gasteiger partial charge in [-0.15, -0.1) is 12.6 Å². The molecule has 0 unspecified atom stereocenters. The highest BCUT2D eigenvalue weighted by Crippen LogP contribution is 2.37. The van der Waals surface area contributed by atoms with Gasteiger partial charge in [-0.2, -0.15) is 0 Å². The van der Waals surface area contributed by atoms with E-state index in [1.165, 1.54) is 0 Å². The summed E-state index contributed by atoms with van der Waals surface area (Å²) in [4.78, 5) is 42.1. The second-order valence-electron chi connectivity index (χ2n) is 11.2. The molecule has 0 radical (unpaired) electrons. The van der Waals surface area contributed by atoms with Crippen molar-refractivity contribution in [2.24, 2.45) is 0 Å². The minimum absolute atomic E-state index is 0.0748. The highest BCUT2D eigenvalue weighted by molar-refractivity contribution is 7.84. The molecule has 2 amide bonds. The number of nitrogens with zero attached hydrogens (tertiary/aromatic N) is 5. The quantitative estimate of drug-likeness (QED) is 0.251. The lowest BCUT2D eigenvalue weighted by Gasteiger charge is -2.30. The number of imidazole rings is 1. The van der Waals surface area contributed by atoms with Gasteiger partial charge in [0.25, 0.3) is 5.91 Å². The maximum Gasteiger partial charge on any atom is 0.269 e. The molecule has 2 aliphatic heterocycles. The van der Waals surface area contributed by atoms with Crippen molar-refractivity contribution in [2.45, 2.75) is 45.2 Å². The Hall–Kier alpha value is -4.22. The van der Waals surface area contributed by atoms with Gasteiger partial charge < -0.3 is 24.8 Å². The van der Waals surface area contributed by atoms with Gasteiger partial charge in [0.2, 0.25) is 5.91 Å². The van der Waals surface area contributed by atoms with Gasteiger partial charge in [-0.3, -0.25) is 19.6 Å². The van der Waals surface area contributed by atoms with Gasteiger partial charge in [0.05, 0.1) is 23.6 Å². The van der Waals surface area contributed by atoms with Crippen molar-refractivity contribution in [1.29, 1.82) is 0 Å². The van der Waals surface area contributed by atoms with Crippen LogP contribution in [0.25, 0.3) is 33.3 Å². The summed E-state index contributed by atoms with van der Waals surface area (Å²) in [7, 11) is 1.81. The molecule has 0 atom stereocenters. The lowest BCUT2D eigenvalue weighted by Crippen LogP contribution is -2.37. The van der Waals surface area contributed by atoms with Crippen molar-refractivity contribution in [3.63, 3.8) is 0 Å². The number of pyridine rings is 2. The predicted octanol–water partition coefficient (Wildman–Crippen LogP) is 4.53. The van der Waals surface area contributed by atoms with Crippen LogP contribution >= 0.6 is 12.6 Å². The first-order chi connectivity index (χ1) is 21.4. The summed E-state index contributed by atoms with van der Waals surface area (Å²) in [5.74, 6) is 1.28. The molecule has 2 aliphatic rings. The van der Waals surface area contributed by atoms with Crippen LogP contribution in [0.1, 0.15) is 54.1 Å². The van der Waals surface area contributed by atoms with Gasteiger partial charge in [-0.05, 0) is 47.8 Å². The molecule has 4 aromatic rings. The number of ether oxygens (including phenoxy) is 1. The predicted molar refractivity (Wildman–Crippen MR) is 173 cm³/mol. The van der Waals surface area contributed by atoms with Gasteiger partial charge >= 0.3 is 0 Å². The third kappa shape index (κ3) is 6.20. The number of carbonyl (C=O) groups excluding carboxylic acids is 2. The third-order valence-electron chi connectivity index (χ3n) is 8.36. The number of hydrogen-bond donors (Lipinski definition) is 3. The van der Waals surface area contributed by atoms with Crippen molar-refractivity contribution >= 4 is 35.2 Å². The molecule has 228 valence electrons. The van der Waals surface area contributed by atoms with E-state index in [4.69, 9.17) is 14.7 Å². The number of rotatable bonds is 8. The number of aromatic nitrogens is 4. The van der Waals surface area contributed by atoms with Crippen LogP contribution in [0.4, 0.5) is 0 Å². The highest BCUT2D eigenvalue weighted by Gasteiger charge is 2.30. The molecule has 0 spiro atoms. The zero-order chi connectivity index (χ0) is 30.6. The second kappa shape index (κ2) is 13.2. The van der Waals surface area contributed by atoms with E-state index >= 15 is 0 Å². The molecule has 10 nitrogen and oxygen atoms in total. The molecule has 2 N–H and O–H groups in total. The molecule has 6 rings (SSSR count). The van der Waals surface area contributed by atoms with Gasteiger partial charge in [-0.25, -0.2) is 4.98 Å². The number of hydrogen-bond acceptors (Lipinski definition) is 8. The first-order valence-electron chi connectivity index (χ1n) is 15.0. The summed E-state index contributed by atoms with van der Waals surface area (Å²) in [6, 6.07) is 11.8. The van der Waals surface area contributed by atoms with Crippen LogP contribution in [-0.4, -0.2) is 69.6 Å². The van der Waals surface area contributed by atoms with Crippen LogP contribution in [0.2, 0.25) is 0 Å². The van der Waals surface area contributed by atoms with E-state index in [1.54, 1.807) is 25.4 Å². The first kappa shape index (κ1) is 29.8. The minimum Gasteiger partial charge on any atom is -0.393 e. The fourth-order valence-electron chi connectivity index (χ4n) is 6.00. The van der Waals surface area contributed by atoms with E-state index in [2.05, 4.69) is 44.9 Å². The van der Waals surface area contributed by atoms with Gasteiger partial charge in [0, 0.05) is 87.8 Å². The fourth-order valence-corrected chi connectivity index (χ4v) is 6.24. The lowest BCUT2D eigenvalue weighted by molar-refractivity contribution is -0.130. The highest BCUT2D eigenvalue weighted by atomic mass is 32.1. The van der Waals surface area contributed by atoms with Crippen molar-refractivity contribution in [3.8, 4) is 22.5 Å². The number of carbonyl (C=O) groups is 2. The summed E-state index contributed by atoms with van der Waals surface area (Å²) in [6.07, 6.45) is 7.89. The molecule has 1 saturated heterocycles. The lowest BCUT2D eigenvalue weighted by atomic mass is 9.99. The number of benzene rings is 1. The molecule has 5 heterocycles. The Kier molecular flexibility index (Phi) is 8.94. The Morgan fingerprint density at radius 2 is 1.95 bits per heavy atom. The second-order valence-corrected chi connectivity index (χ2v) is 11.8. The number of thiol groups is 1. The molecule has 0 bridgehead atoms. The average Bonchev–Trinajstić information content (AvgIpc) is 3.43. The topological polar surface area (TPSA) is 114 Å². The maximum absolute atomic E-state index is 12.6. The number of nitrogens with one attached hydrogen (secondary N) is 2.